The fourth-order valence-corrected chi connectivity index (χ4v) is 3.80. The number of nitrogen functional groups attached to an aromatic ring is 1. The van der Waals surface area contributed by atoms with Crippen molar-refractivity contribution in [2.24, 2.45) is 5.92 Å². The van der Waals surface area contributed by atoms with Crippen LogP contribution in [0.3, 0.4) is 0 Å². The molecule has 1 fully saturated rings. The van der Waals surface area contributed by atoms with Gasteiger partial charge in [0.25, 0.3) is 5.56 Å². The Morgan fingerprint density at radius 2 is 1.82 bits per heavy atom. The Kier molecular flexibility index (Phi) is 5.51. The molecule has 8 heteroatoms. The van der Waals surface area contributed by atoms with Gasteiger partial charge in [-0.05, 0) is 36.4 Å². The summed E-state index contributed by atoms with van der Waals surface area (Å²) in [5, 5.41) is 18.9. The van der Waals surface area contributed by atoms with Crippen molar-refractivity contribution >= 4 is 17.8 Å². The van der Waals surface area contributed by atoms with Gasteiger partial charge in [0.05, 0.1) is 0 Å². The number of anilines is 1. The molecule has 1 aromatic heterocycles. The number of carboxylic acid groups (broad SMARTS) is 2. The molecule has 0 aliphatic carbocycles. The number of aromatic nitrogens is 1. The Morgan fingerprint density at radius 1 is 1.18 bits per heavy atom. The highest BCUT2D eigenvalue weighted by atomic mass is 16.4. The van der Waals surface area contributed by atoms with Gasteiger partial charge in [-0.2, -0.15) is 0 Å². The highest BCUT2D eigenvalue weighted by Gasteiger charge is 2.26. The number of rotatable bonds is 5. The van der Waals surface area contributed by atoms with E-state index in [1.807, 2.05) is 12.1 Å². The van der Waals surface area contributed by atoms with Gasteiger partial charge in [0.2, 0.25) is 0 Å². The van der Waals surface area contributed by atoms with Gasteiger partial charge in [0.15, 0.2) is 0 Å². The van der Waals surface area contributed by atoms with Crippen molar-refractivity contribution in [3.05, 3.63) is 51.3 Å². The Hall–Kier alpha value is -3.13. The summed E-state index contributed by atoms with van der Waals surface area (Å²) >= 11 is 0. The number of aromatic carboxylic acids is 2. The molecule has 148 valence electrons. The Balaban J connectivity index is 2.00. The maximum atomic E-state index is 12.1. The van der Waals surface area contributed by atoms with Crippen LogP contribution in [-0.2, 0) is 6.54 Å². The van der Waals surface area contributed by atoms with E-state index in [9.17, 15) is 24.6 Å². The molecular weight excluding hydrogens is 362 g/mol. The van der Waals surface area contributed by atoms with E-state index >= 15 is 0 Å². The van der Waals surface area contributed by atoms with Gasteiger partial charge < -0.3 is 20.9 Å². The molecule has 0 bridgehead atoms. The number of nitrogens with one attached hydrogen (secondary N) is 1. The zero-order chi connectivity index (χ0) is 20.4. The molecule has 1 saturated heterocycles. The van der Waals surface area contributed by atoms with Crippen molar-refractivity contribution in [1.82, 2.24) is 9.88 Å². The van der Waals surface area contributed by atoms with Crippen LogP contribution >= 0.6 is 0 Å². The number of H-pyrrole nitrogens is 1. The molecule has 1 atom stereocenters. The molecule has 3 rings (SSSR count). The molecule has 0 spiro atoms. The first-order chi connectivity index (χ1) is 13.3. The van der Waals surface area contributed by atoms with Gasteiger partial charge in [-0.15, -0.1) is 0 Å². The van der Waals surface area contributed by atoms with Crippen LogP contribution in [0.2, 0.25) is 0 Å². The van der Waals surface area contributed by atoms with Gasteiger partial charge in [-0.25, -0.2) is 9.59 Å². The normalized spacial score (nSPS) is 17.4. The van der Waals surface area contributed by atoms with Crippen LogP contribution in [0.1, 0.15) is 46.0 Å². The fraction of sp³-hybridized carbons (Fsp3) is 0.350. The van der Waals surface area contributed by atoms with Crippen molar-refractivity contribution in [2.45, 2.75) is 26.3 Å². The summed E-state index contributed by atoms with van der Waals surface area (Å²) in [6, 6.07) is 6.91. The zero-order valence-electron chi connectivity index (χ0n) is 15.6. The average molecular weight is 385 g/mol. The minimum Gasteiger partial charge on any atom is -0.478 e. The van der Waals surface area contributed by atoms with Gasteiger partial charge in [0.1, 0.15) is 16.9 Å². The van der Waals surface area contributed by atoms with Gasteiger partial charge in [-0.1, -0.05) is 31.2 Å². The van der Waals surface area contributed by atoms with E-state index in [2.05, 4.69) is 16.8 Å². The minimum atomic E-state index is -1.51. The summed E-state index contributed by atoms with van der Waals surface area (Å²) < 4.78 is 0. The number of nitrogens with two attached hydrogens (primary N) is 1. The number of carbonyl (C=O) groups is 2. The summed E-state index contributed by atoms with van der Waals surface area (Å²) in [6.07, 6.45) is 2.39. The first kappa shape index (κ1) is 19.6. The lowest BCUT2D eigenvalue weighted by molar-refractivity contribution is 0.0695. The van der Waals surface area contributed by atoms with Gasteiger partial charge >= 0.3 is 11.9 Å². The average Bonchev–Trinajstić information content (AvgIpc) is 2.61. The van der Waals surface area contributed by atoms with Crippen molar-refractivity contribution < 1.29 is 19.8 Å². The lowest BCUT2D eigenvalue weighted by Crippen LogP contribution is -2.33. The number of pyridine rings is 1. The van der Waals surface area contributed by atoms with Crippen LogP contribution in [0.25, 0.3) is 11.1 Å². The van der Waals surface area contributed by atoms with Crippen molar-refractivity contribution in [3.63, 3.8) is 0 Å². The van der Waals surface area contributed by atoms with Crippen LogP contribution in [0, 0.1) is 5.92 Å². The quantitative estimate of drug-likeness (QED) is 0.619. The summed E-state index contributed by atoms with van der Waals surface area (Å²) in [5.41, 5.74) is 4.84. The van der Waals surface area contributed by atoms with E-state index in [4.69, 9.17) is 5.73 Å². The molecule has 2 aromatic rings. The Bertz CT molecular complexity index is 965. The lowest BCUT2D eigenvalue weighted by Gasteiger charge is -2.30. The van der Waals surface area contributed by atoms with E-state index < -0.39 is 28.6 Å². The summed E-state index contributed by atoms with van der Waals surface area (Å²) in [7, 11) is 0. The fourth-order valence-electron chi connectivity index (χ4n) is 3.80. The second-order valence-electron chi connectivity index (χ2n) is 7.28. The molecule has 0 amide bonds. The van der Waals surface area contributed by atoms with E-state index in [1.165, 1.54) is 6.42 Å². The van der Waals surface area contributed by atoms with Crippen LogP contribution in [-0.4, -0.2) is 45.1 Å². The maximum Gasteiger partial charge on any atom is 0.342 e. The SMILES string of the molecule is CC1CCCN(Cc2ccc(-c3c(C(=O)O)c(N)[nH]c(=O)c3C(=O)O)cc2)C1. The highest BCUT2D eigenvalue weighted by molar-refractivity contribution is 6.07. The molecule has 8 nitrogen and oxygen atoms in total. The third-order valence-electron chi connectivity index (χ3n) is 5.06. The molecular formula is C20H23N3O5. The van der Waals surface area contributed by atoms with Crippen LogP contribution in [0.15, 0.2) is 29.1 Å². The number of aromatic amines is 1. The molecule has 1 aliphatic rings. The largest absolute Gasteiger partial charge is 0.478 e. The van der Waals surface area contributed by atoms with Gasteiger partial charge in [0, 0.05) is 18.7 Å². The van der Waals surface area contributed by atoms with Crippen LogP contribution < -0.4 is 11.3 Å². The molecule has 2 heterocycles. The standard InChI is InChI=1S/C20H23N3O5/c1-11-3-2-8-23(9-11)10-12-4-6-13(7-5-12)14-15(19(25)26)17(21)22-18(24)16(14)20(27)28/h4-7,11H,2-3,8-10H2,1H3,(H,25,26)(H,27,28)(H3,21,22,24). The zero-order valence-corrected chi connectivity index (χ0v) is 15.6. The predicted molar refractivity (Wildman–Crippen MR) is 105 cm³/mol. The second kappa shape index (κ2) is 7.85. The Labute approximate surface area is 161 Å². The van der Waals surface area contributed by atoms with E-state index in [0.717, 1.165) is 31.6 Å². The number of hydrogen-bond acceptors (Lipinski definition) is 5. The topological polar surface area (TPSA) is 137 Å². The maximum absolute atomic E-state index is 12.1. The molecule has 1 unspecified atom stereocenters. The van der Waals surface area contributed by atoms with E-state index in [1.54, 1.807) is 12.1 Å². The first-order valence-corrected chi connectivity index (χ1v) is 9.12. The van der Waals surface area contributed by atoms with Crippen LogP contribution in [0.5, 0.6) is 0 Å². The Morgan fingerprint density at radius 3 is 2.39 bits per heavy atom. The molecule has 1 aromatic carbocycles. The highest BCUT2D eigenvalue weighted by Crippen LogP contribution is 2.29. The summed E-state index contributed by atoms with van der Waals surface area (Å²) in [4.78, 5) is 39.8. The van der Waals surface area contributed by atoms with Crippen LogP contribution in [0.4, 0.5) is 5.82 Å². The third kappa shape index (κ3) is 3.91. The number of hydrogen-bond donors (Lipinski definition) is 4. The summed E-state index contributed by atoms with van der Waals surface area (Å²) in [5.74, 6) is -2.63. The minimum absolute atomic E-state index is 0.181. The second-order valence-corrected chi connectivity index (χ2v) is 7.28. The van der Waals surface area contributed by atoms with E-state index in [-0.39, 0.29) is 11.4 Å². The van der Waals surface area contributed by atoms with Crippen molar-refractivity contribution in [1.29, 1.82) is 0 Å². The number of benzene rings is 1. The molecule has 1 aliphatic heterocycles. The number of piperidine rings is 1. The lowest BCUT2D eigenvalue weighted by atomic mass is 9.94. The predicted octanol–water partition coefficient (Wildman–Crippen LogP) is 2.25. The number of carboxylic acids is 2. The summed E-state index contributed by atoms with van der Waals surface area (Å²) in [6.45, 7) is 5.05. The smallest absolute Gasteiger partial charge is 0.342 e. The van der Waals surface area contributed by atoms with E-state index in [0.29, 0.717) is 11.5 Å². The number of nitrogens with zero attached hydrogens (tertiary/aromatic N) is 1. The van der Waals surface area contributed by atoms with Crippen molar-refractivity contribution in [2.75, 3.05) is 18.8 Å². The van der Waals surface area contributed by atoms with Crippen molar-refractivity contribution in [3.8, 4) is 11.1 Å². The molecule has 0 saturated carbocycles. The first-order valence-electron chi connectivity index (χ1n) is 9.12. The van der Waals surface area contributed by atoms with Gasteiger partial charge in [-0.3, -0.25) is 9.69 Å². The molecule has 5 N–H and O–H groups in total. The third-order valence-corrected chi connectivity index (χ3v) is 5.06. The monoisotopic (exact) mass is 385 g/mol. The molecule has 28 heavy (non-hydrogen) atoms. The number of likely N-dealkylation sites (tertiary alicyclic amines) is 1. The molecule has 0 radical (unpaired) electrons.